The molecule has 1 aliphatic carbocycles. The topological polar surface area (TPSA) is 67.6 Å². The van der Waals surface area contributed by atoms with Gasteiger partial charge in [0.2, 0.25) is 5.91 Å². The lowest BCUT2D eigenvalue weighted by Gasteiger charge is -2.27. The second kappa shape index (κ2) is 10.1. The quantitative estimate of drug-likeness (QED) is 0.616. The second-order valence-electron chi connectivity index (χ2n) is 6.09. The van der Waals surface area contributed by atoms with Gasteiger partial charge in [-0.15, -0.1) is 0 Å². The third-order valence-electron chi connectivity index (χ3n) is 4.03. The molecule has 1 fully saturated rings. The molecule has 0 saturated heterocycles. The third kappa shape index (κ3) is 7.82. The summed E-state index contributed by atoms with van der Waals surface area (Å²) in [6.07, 6.45) is 5.32. The molecule has 20 heavy (non-hydrogen) atoms. The molecule has 1 saturated carbocycles. The summed E-state index contributed by atoms with van der Waals surface area (Å²) in [5, 5.41) is 2.94. The minimum atomic E-state index is 0.164. The first-order chi connectivity index (χ1) is 9.61. The van der Waals surface area contributed by atoms with E-state index in [1.165, 1.54) is 12.8 Å². The van der Waals surface area contributed by atoms with E-state index in [1.54, 1.807) is 0 Å². The van der Waals surface area contributed by atoms with Crippen molar-refractivity contribution in [1.29, 1.82) is 0 Å². The molecule has 1 aliphatic rings. The Morgan fingerprint density at radius 1 is 1.20 bits per heavy atom. The minimum Gasteiger partial charge on any atom is -0.378 e. The molecule has 0 aromatic rings. The molecular formula is C15H31N3O2. The molecule has 0 spiro atoms. The Balaban J connectivity index is 1.98. The molecule has 0 aromatic heterocycles. The zero-order valence-corrected chi connectivity index (χ0v) is 13.1. The number of hydrogen-bond donors (Lipinski definition) is 2. The van der Waals surface area contributed by atoms with Crippen LogP contribution in [0.3, 0.4) is 0 Å². The smallest absolute Gasteiger partial charge is 0.220 e. The van der Waals surface area contributed by atoms with Crippen LogP contribution in [0.15, 0.2) is 0 Å². The normalized spacial score (nSPS) is 23.0. The van der Waals surface area contributed by atoms with Gasteiger partial charge in [-0.1, -0.05) is 0 Å². The van der Waals surface area contributed by atoms with Crippen LogP contribution in [-0.4, -0.2) is 57.8 Å². The molecule has 0 radical (unpaired) electrons. The number of carbonyl (C=O) groups excluding carboxylic acids is 1. The summed E-state index contributed by atoms with van der Waals surface area (Å²) in [5.41, 5.74) is 5.68. The van der Waals surface area contributed by atoms with Crippen molar-refractivity contribution in [2.24, 2.45) is 17.6 Å². The maximum absolute atomic E-state index is 11.8. The maximum Gasteiger partial charge on any atom is 0.220 e. The number of amides is 1. The van der Waals surface area contributed by atoms with Crippen molar-refractivity contribution < 1.29 is 9.53 Å². The maximum atomic E-state index is 11.8. The first kappa shape index (κ1) is 17.4. The van der Waals surface area contributed by atoms with Gasteiger partial charge in [-0.25, -0.2) is 0 Å². The molecule has 5 nitrogen and oxygen atoms in total. The Morgan fingerprint density at radius 2 is 1.85 bits per heavy atom. The lowest BCUT2D eigenvalue weighted by atomic mass is 9.80. The number of likely N-dealkylation sites (N-methyl/N-ethyl adjacent to an activating group) is 1. The summed E-state index contributed by atoms with van der Waals surface area (Å²) in [6.45, 7) is 3.64. The minimum absolute atomic E-state index is 0.164. The molecule has 1 rings (SSSR count). The van der Waals surface area contributed by atoms with Crippen LogP contribution in [0.25, 0.3) is 0 Å². The van der Waals surface area contributed by atoms with Gasteiger partial charge in [0.15, 0.2) is 0 Å². The molecule has 3 N–H and O–H groups in total. The van der Waals surface area contributed by atoms with Gasteiger partial charge in [0.05, 0.1) is 13.2 Å². The Kier molecular flexibility index (Phi) is 8.82. The fourth-order valence-corrected chi connectivity index (χ4v) is 2.62. The zero-order chi connectivity index (χ0) is 14.8. The molecule has 118 valence electrons. The van der Waals surface area contributed by atoms with Gasteiger partial charge in [0.1, 0.15) is 0 Å². The van der Waals surface area contributed by atoms with Crippen LogP contribution in [-0.2, 0) is 9.53 Å². The molecule has 0 aromatic carbocycles. The summed E-state index contributed by atoms with van der Waals surface area (Å²) in [7, 11) is 4.04. The van der Waals surface area contributed by atoms with Crippen LogP contribution < -0.4 is 11.1 Å². The zero-order valence-electron chi connectivity index (χ0n) is 13.1. The first-order valence-corrected chi connectivity index (χ1v) is 7.81. The molecule has 0 aliphatic heterocycles. The van der Waals surface area contributed by atoms with Gasteiger partial charge < -0.3 is 20.7 Å². The Hall–Kier alpha value is -0.650. The van der Waals surface area contributed by atoms with Crippen molar-refractivity contribution >= 4 is 5.91 Å². The van der Waals surface area contributed by atoms with Crippen LogP contribution in [0.1, 0.15) is 32.1 Å². The Morgan fingerprint density at radius 3 is 2.45 bits per heavy atom. The highest BCUT2D eigenvalue weighted by Crippen LogP contribution is 2.29. The molecule has 5 heteroatoms. The van der Waals surface area contributed by atoms with Crippen molar-refractivity contribution in [2.45, 2.75) is 32.1 Å². The van der Waals surface area contributed by atoms with Crippen LogP contribution in [0, 0.1) is 11.8 Å². The van der Waals surface area contributed by atoms with E-state index in [1.807, 2.05) is 14.1 Å². The summed E-state index contributed by atoms with van der Waals surface area (Å²) in [4.78, 5) is 13.9. The predicted octanol–water partition coefficient (Wildman–Crippen LogP) is 0.836. The average molecular weight is 285 g/mol. The predicted molar refractivity (Wildman–Crippen MR) is 81.5 cm³/mol. The van der Waals surface area contributed by atoms with E-state index < -0.39 is 0 Å². The van der Waals surface area contributed by atoms with E-state index >= 15 is 0 Å². The number of hydrogen-bond acceptors (Lipinski definition) is 4. The molecule has 1 amide bonds. The summed E-state index contributed by atoms with van der Waals surface area (Å²) in [5.74, 6) is 1.39. The highest BCUT2D eigenvalue weighted by atomic mass is 16.5. The highest BCUT2D eigenvalue weighted by Gasteiger charge is 2.21. The van der Waals surface area contributed by atoms with E-state index in [0.29, 0.717) is 38.0 Å². The lowest BCUT2D eigenvalue weighted by molar-refractivity contribution is -0.122. The number of rotatable bonds is 9. The number of ether oxygens (including phenoxy) is 1. The lowest BCUT2D eigenvalue weighted by Crippen LogP contribution is -2.31. The standard InChI is InChI=1S/C15H31N3O2/c1-18(2)8-10-20-9-7-17-15(19)11-13-3-5-14(12-16)6-4-13/h13-14H,3-12,16H2,1-2H3,(H,17,19). The Labute approximate surface area is 123 Å². The fraction of sp³-hybridized carbons (Fsp3) is 0.933. The first-order valence-electron chi connectivity index (χ1n) is 7.81. The van der Waals surface area contributed by atoms with Crippen molar-refractivity contribution in [1.82, 2.24) is 10.2 Å². The van der Waals surface area contributed by atoms with Gasteiger partial charge in [-0.05, 0) is 58.2 Å². The monoisotopic (exact) mass is 285 g/mol. The number of nitrogens with zero attached hydrogens (tertiary/aromatic N) is 1. The summed E-state index contributed by atoms with van der Waals surface area (Å²) in [6, 6.07) is 0. The molecule has 0 atom stereocenters. The van der Waals surface area contributed by atoms with E-state index in [2.05, 4.69) is 10.2 Å². The third-order valence-corrected chi connectivity index (χ3v) is 4.03. The second-order valence-corrected chi connectivity index (χ2v) is 6.09. The molecule has 0 unspecified atom stereocenters. The fourth-order valence-electron chi connectivity index (χ4n) is 2.62. The SMILES string of the molecule is CN(C)CCOCCNC(=O)CC1CCC(CN)CC1. The van der Waals surface area contributed by atoms with E-state index in [4.69, 9.17) is 10.5 Å². The van der Waals surface area contributed by atoms with Crippen molar-refractivity contribution in [3.05, 3.63) is 0 Å². The molecular weight excluding hydrogens is 254 g/mol. The van der Waals surface area contributed by atoms with E-state index in [0.717, 1.165) is 25.9 Å². The van der Waals surface area contributed by atoms with Crippen LogP contribution in [0.5, 0.6) is 0 Å². The van der Waals surface area contributed by atoms with Gasteiger partial charge in [0, 0.05) is 19.5 Å². The summed E-state index contributed by atoms with van der Waals surface area (Å²) < 4.78 is 5.44. The molecule has 0 heterocycles. The van der Waals surface area contributed by atoms with E-state index in [9.17, 15) is 4.79 Å². The van der Waals surface area contributed by atoms with Crippen LogP contribution in [0.4, 0.5) is 0 Å². The number of nitrogens with one attached hydrogen (secondary N) is 1. The van der Waals surface area contributed by atoms with Gasteiger partial charge in [0.25, 0.3) is 0 Å². The van der Waals surface area contributed by atoms with Crippen molar-refractivity contribution in [3.63, 3.8) is 0 Å². The van der Waals surface area contributed by atoms with Gasteiger partial charge >= 0.3 is 0 Å². The number of nitrogens with two attached hydrogens (primary N) is 1. The van der Waals surface area contributed by atoms with Gasteiger partial charge in [-0.2, -0.15) is 0 Å². The van der Waals surface area contributed by atoms with Crippen molar-refractivity contribution in [3.8, 4) is 0 Å². The largest absolute Gasteiger partial charge is 0.378 e. The van der Waals surface area contributed by atoms with Gasteiger partial charge in [-0.3, -0.25) is 4.79 Å². The van der Waals surface area contributed by atoms with Crippen LogP contribution >= 0.6 is 0 Å². The van der Waals surface area contributed by atoms with Crippen molar-refractivity contribution in [2.75, 3.05) is 46.9 Å². The average Bonchev–Trinajstić information content (AvgIpc) is 2.43. The number of carbonyl (C=O) groups is 1. The van der Waals surface area contributed by atoms with E-state index in [-0.39, 0.29) is 5.91 Å². The highest BCUT2D eigenvalue weighted by molar-refractivity contribution is 5.76. The summed E-state index contributed by atoms with van der Waals surface area (Å²) >= 11 is 0. The Bertz CT molecular complexity index is 264. The molecule has 0 bridgehead atoms. The van der Waals surface area contributed by atoms with Crippen LogP contribution in [0.2, 0.25) is 0 Å².